The Kier molecular flexibility index (Phi) is 4.03. The van der Waals surface area contributed by atoms with Gasteiger partial charge in [0, 0.05) is 13.7 Å². The number of rotatable bonds is 5. The van der Waals surface area contributed by atoms with Gasteiger partial charge >= 0.3 is 0 Å². The van der Waals surface area contributed by atoms with Crippen LogP contribution >= 0.6 is 0 Å². The summed E-state index contributed by atoms with van der Waals surface area (Å²) < 4.78 is 9.94. The molecule has 0 amide bonds. The third-order valence-electron chi connectivity index (χ3n) is 1.61. The Bertz CT molecular complexity index is 264. The Balaban J connectivity index is 2.41. The molecule has 1 rings (SSSR count). The van der Waals surface area contributed by atoms with E-state index in [1.54, 1.807) is 25.5 Å². The summed E-state index contributed by atoms with van der Waals surface area (Å²) in [6.07, 6.45) is 1.55. The van der Waals surface area contributed by atoms with Crippen molar-refractivity contribution in [3.63, 3.8) is 0 Å². The fourth-order valence-electron chi connectivity index (χ4n) is 0.971. The van der Waals surface area contributed by atoms with E-state index in [0.29, 0.717) is 18.9 Å². The molecule has 13 heavy (non-hydrogen) atoms. The molecular weight excluding hydrogens is 168 g/mol. The molecule has 0 bridgehead atoms. The van der Waals surface area contributed by atoms with E-state index in [1.807, 2.05) is 0 Å². The lowest BCUT2D eigenvalue weighted by Crippen LogP contribution is -2.23. The van der Waals surface area contributed by atoms with Crippen LogP contribution in [0.3, 0.4) is 0 Å². The van der Waals surface area contributed by atoms with Crippen LogP contribution in [0.2, 0.25) is 0 Å². The maximum absolute atomic E-state index is 8.78. The molecular formula is C9H12N2O2. The first-order valence-corrected chi connectivity index (χ1v) is 4.04. The van der Waals surface area contributed by atoms with E-state index in [4.69, 9.17) is 14.4 Å². The van der Waals surface area contributed by atoms with Gasteiger partial charge in [0.15, 0.2) is 6.04 Å². The van der Waals surface area contributed by atoms with Crippen molar-refractivity contribution in [2.24, 2.45) is 0 Å². The van der Waals surface area contributed by atoms with Crippen LogP contribution in [-0.2, 0) is 4.74 Å². The highest BCUT2D eigenvalue weighted by Gasteiger charge is 2.11. The molecule has 0 aliphatic heterocycles. The summed E-state index contributed by atoms with van der Waals surface area (Å²) in [5.74, 6) is 0.638. The predicted molar refractivity (Wildman–Crippen MR) is 46.9 cm³/mol. The zero-order valence-corrected chi connectivity index (χ0v) is 7.49. The first kappa shape index (κ1) is 9.78. The van der Waals surface area contributed by atoms with Crippen molar-refractivity contribution in [3.8, 4) is 6.07 Å². The van der Waals surface area contributed by atoms with Gasteiger partial charge in [0.1, 0.15) is 5.76 Å². The Morgan fingerprint density at radius 1 is 1.77 bits per heavy atom. The van der Waals surface area contributed by atoms with Crippen LogP contribution in [0.25, 0.3) is 0 Å². The van der Waals surface area contributed by atoms with E-state index in [-0.39, 0.29) is 6.04 Å². The Morgan fingerprint density at radius 3 is 3.15 bits per heavy atom. The van der Waals surface area contributed by atoms with E-state index < -0.39 is 0 Å². The third-order valence-corrected chi connectivity index (χ3v) is 1.61. The molecule has 4 nitrogen and oxygen atoms in total. The lowest BCUT2D eigenvalue weighted by Gasteiger charge is -2.07. The van der Waals surface area contributed by atoms with Crippen LogP contribution in [0.4, 0.5) is 0 Å². The van der Waals surface area contributed by atoms with Crippen LogP contribution in [-0.4, -0.2) is 20.3 Å². The van der Waals surface area contributed by atoms with Crippen LogP contribution in [0.15, 0.2) is 22.8 Å². The predicted octanol–water partition coefficient (Wildman–Crippen LogP) is 1.08. The monoisotopic (exact) mass is 180 g/mol. The van der Waals surface area contributed by atoms with E-state index in [1.165, 1.54) is 0 Å². The zero-order chi connectivity index (χ0) is 9.52. The normalized spacial score (nSPS) is 12.3. The Morgan fingerprint density at radius 2 is 2.62 bits per heavy atom. The summed E-state index contributed by atoms with van der Waals surface area (Å²) in [6.45, 7) is 1.22. The van der Waals surface area contributed by atoms with Gasteiger partial charge in [-0.1, -0.05) is 0 Å². The Labute approximate surface area is 77.1 Å². The van der Waals surface area contributed by atoms with E-state index >= 15 is 0 Å². The van der Waals surface area contributed by atoms with Crippen molar-refractivity contribution in [2.75, 3.05) is 20.3 Å². The minimum atomic E-state index is -0.384. The van der Waals surface area contributed by atoms with Crippen LogP contribution < -0.4 is 5.32 Å². The largest absolute Gasteiger partial charge is 0.467 e. The van der Waals surface area contributed by atoms with Crippen molar-refractivity contribution in [3.05, 3.63) is 24.2 Å². The van der Waals surface area contributed by atoms with E-state index in [9.17, 15) is 0 Å². The number of hydrogen-bond acceptors (Lipinski definition) is 4. The number of furan rings is 1. The van der Waals surface area contributed by atoms with E-state index in [0.717, 1.165) is 0 Å². The van der Waals surface area contributed by atoms with Gasteiger partial charge in [-0.3, -0.25) is 5.32 Å². The van der Waals surface area contributed by atoms with Gasteiger partial charge in [0.25, 0.3) is 0 Å². The maximum Gasteiger partial charge on any atom is 0.154 e. The first-order chi connectivity index (χ1) is 6.38. The molecule has 4 heteroatoms. The number of ether oxygens (including phenoxy) is 1. The standard InChI is InChI=1S/C9H12N2O2/c1-12-6-4-11-8(7-10)9-3-2-5-13-9/h2-3,5,8,11H,4,6H2,1H3. The van der Waals surface area contributed by atoms with Gasteiger partial charge in [-0.15, -0.1) is 0 Å². The SMILES string of the molecule is COCCNC(C#N)c1ccco1. The van der Waals surface area contributed by atoms with Gasteiger partial charge in [-0.2, -0.15) is 5.26 Å². The van der Waals surface area contributed by atoms with Gasteiger partial charge in [0.2, 0.25) is 0 Å². The molecule has 1 unspecified atom stereocenters. The average Bonchev–Trinajstić information content (AvgIpc) is 2.65. The lowest BCUT2D eigenvalue weighted by molar-refractivity contribution is 0.196. The average molecular weight is 180 g/mol. The molecule has 1 aromatic rings. The molecule has 1 aromatic heterocycles. The second-order valence-corrected chi connectivity index (χ2v) is 2.52. The summed E-state index contributed by atoms with van der Waals surface area (Å²) in [7, 11) is 1.62. The lowest BCUT2D eigenvalue weighted by atomic mass is 10.2. The van der Waals surface area contributed by atoms with Crippen molar-refractivity contribution in [1.29, 1.82) is 5.26 Å². The van der Waals surface area contributed by atoms with E-state index in [2.05, 4.69) is 11.4 Å². The highest BCUT2D eigenvalue weighted by atomic mass is 16.5. The van der Waals surface area contributed by atoms with Crippen LogP contribution in [0.5, 0.6) is 0 Å². The van der Waals surface area contributed by atoms with Crippen molar-refractivity contribution >= 4 is 0 Å². The first-order valence-electron chi connectivity index (χ1n) is 4.04. The summed E-state index contributed by atoms with van der Waals surface area (Å²) in [5, 5.41) is 11.8. The fraction of sp³-hybridized carbons (Fsp3) is 0.444. The molecule has 0 aliphatic rings. The summed E-state index contributed by atoms with van der Waals surface area (Å²) >= 11 is 0. The minimum Gasteiger partial charge on any atom is -0.467 e. The number of nitrogens with one attached hydrogen (secondary N) is 1. The fourth-order valence-corrected chi connectivity index (χ4v) is 0.971. The van der Waals surface area contributed by atoms with Crippen molar-refractivity contribution < 1.29 is 9.15 Å². The highest BCUT2D eigenvalue weighted by molar-refractivity contribution is 5.12. The number of hydrogen-bond donors (Lipinski definition) is 1. The van der Waals surface area contributed by atoms with Crippen molar-refractivity contribution in [2.45, 2.75) is 6.04 Å². The van der Waals surface area contributed by atoms with Gasteiger partial charge in [-0.05, 0) is 12.1 Å². The maximum atomic E-state index is 8.78. The minimum absolute atomic E-state index is 0.384. The van der Waals surface area contributed by atoms with Gasteiger partial charge in [0.05, 0.1) is 18.9 Å². The molecule has 1 heterocycles. The number of nitrogens with zero attached hydrogens (tertiary/aromatic N) is 1. The molecule has 0 radical (unpaired) electrons. The molecule has 0 spiro atoms. The second kappa shape index (κ2) is 5.36. The molecule has 0 saturated heterocycles. The molecule has 0 fully saturated rings. The molecule has 0 saturated carbocycles. The summed E-state index contributed by atoms with van der Waals surface area (Å²) in [5.41, 5.74) is 0. The highest BCUT2D eigenvalue weighted by Crippen LogP contribution is 2.11. The van der Waals surface area contributed by atoms with Crippen LogP contribution in [0.1, 0.15) is 11.8 Å². The Hall–Kier alpha value is -1.31. The van der Waals surface area contributed by atoms with Gasteiger partial charge in [-0.25, -0.2) is 0 Å². The molecule has 70 valence electrons. The van der Waals surface area contributed by atoms with Crippen molar-refractivity contribution in [1.82, 2.24) is 5.32 Å². The van der Waals surface area contributed by atoms with Gasteiger partial charge < -0.3 is 9.15 Å². The molecule has 1 atom stereocenters. The summed E-state index contributed by atoms with van der Waals surface area (Å²) in [6, 6.07) is 5.25. The zero-order valence-electron chi connectivity index (χ0n) is 7.49. The quantitative estimate of drug-likeness (QED) is 0.689. The molecule has 1 N–H and O–H groups in total. The molecule has 0 aromatic carbocycles. The smallest absolute Gasteiger partial charge is 0.154 e. The number of methoxy groups -OCH3 is 1. The summed E-state index contributed by atoms with van der Waals surface area (Å²) in [4.78, 5) is 0. The molecule has 0 aliphatic carbocycles. The van der Waals surface area contributed by atoms with Crippen LogP contribution in [0, 0.1) is 11.3 Å². The second-order valence-electron chi connectivity index (χ2n) is 2.52. The third kappa shape index (κ3) is 2.90. The topological polar surface area (TPSA) is 58.2 Å². The number of nitriles is 1.